The Morgan fingerprint density at radius 1 is 1.32 bits per heavy atom. The minimum Gasteiger partial charge on any atom is -0.396 e. The van der Waals surface area contributed by atoms with E-state index in [1.807, 2.05) is 13.0 Å². The molecule has 0 amide bonds. The second-order valence-electron chi connectivity index (χ2n) is 5.57. The molecule has 2 aromatic rings. The summed E-state index contributed by atoms with van der Waals surface area (Å²) in [6.07, 6.45) is 5.89. The standard InChI is InChI=1S/C16H18N2O3S/c1-11-4-7-15(14-3-2-8-17-16(11)14)22(20,21)18-13-6-5-12(9-13)10-19/h2-8,12-13,18-19H,9-10H2,1H3/t12-,13+/m0/s1. The summed E-state index contributed by atoms with van der Waals surface area (Å²) in [5, 5.41) is 9.76. The summed E-state index contributed by atoms with van der Waals surface area (Å²) in [6, 6.07) is 6.60. The van der Waals surface area contributed by atoms with Crippen molar-refractivity contribution < 1.29 is 13.5 Å². The molecular formula is C16H18N2O3S. The van der Waals surface area contributed by atoms with E-state index in [-0.39, 0.29) is 23.5 Å². The largest absolute Gasteiger partial charge is 0.396 e. The number of aromatic nitrogens is 1. The number of fused-ring (bicyclic) bond motifs is 1. The first-order chi connectivity index (χ1) is 10.5. The fourth-order valence-corrected chi connectivity index (χ4v) is 4.18. The molecule has 0 aliphatic heterocycles. The maximum Gasteiger partial charge on any atom is 0.241 e. The Bertz CT molecular complexity index is 830. The predicted octanol–water partition coefficient (Wildman–Crippen LogP) is 1.76. The van der Waals surface area contributed by atoms with E-state index in [2.05, 4.69) is 9.71 Å². The van der Waals surface area contributed by atoms with Crippen LogP contribution in [0.5, 0.6) is 0 Å². The smallest absolute Gasteiger partial charge is 0.241 e. The molecule has 1 heterocycles. The highest BCUT2D eigenvalue weighted by atomic mass is 32.2. The number of hydrogen-bond donors (Lipinski definition) is 2. The summed E-state index contributed by atoms with van der Waals surface area (Å²) in [7, 11) is -3.64. The van der Waals surface area contributed by atoms with Gasteiger partial charge in [0.25, 0.3) is 0 Å². The third-order valence-electron chi connectivity index (χ3n) is 3.93. The van der Waals surface area contributed by atoms with E-state index in [1.54, 1.807) is 36.5 Å². The Hall–Kier alpha value is -1.76. The zero-order chi connectivity index (χ0) is 15.7. The molecule has 3 rings (SSSR count). The molecule has 1 aliphatic rings. The van der Waals surface area contributed by atoms with E-state index in [1.165, 1.54) is 0 Å². The monoisotopic (exact) mass is 318 g/mol. The molecular weight excluding hydrogens is 300 g/mol. The molecule has 2 N–H and O–H groups in total. The van der Waals surface area contributed by atoms with Gasteiger partial charge in [-0.3, -0.25) is 4.98 Å². The van der Waals surface area contributed by atoms with Gasteiger partial charge < -0.3 is 5.11 Å². The number of rotatable bonds is 4. The number of aryl methyl sites for hydroxylation is 1. The van der Waals surface area contributed by atoms with Crippen LogP contribution in [0.4, 0.5) is 0 Å². The topological polar surface area (TPSA) is 79.3 Å². The normalized spacial score (nSPS) is 21.5. The maximum atomic E-state index is 12.7. The van der Waals surface area contributed by atoms with Crippen molar-refractivity contribution in [3.8, 4) is 0 Å². The van der Waals surface area contributed by atoms with Crippen molar-refractivity contribution >= 4 is 20.9 Å². The molecule has 0 saturated carbocycles. The van der Waals surface area contributed by atoms with Gasteiger partial charge in [-0.15, -0.1) is 0 Å². The van der Waals surface area contributed by atoms with Gasteiger partial charge in [-0.25, -0.2) is 13.1 Å². The Labute approximate surface area is 129 Å². The van der Waals surface area contributed by atoms with Gasteiger partial charge in [0.2, 0.25) is 10.0 Å². The van der Waals surface area contributed by atoms with Crippen LogP contribution in [-0.4, -0.2) is 31.2 Å². The summed E-state index contributed by atoms with van der Waals surface area (Å²) in [4.78, 5) is 4.51. The van der Waals surface area contributed by atoms with Crippen molar-refractivity contribution in [2.75, 3.05) is 6.61 Å². The third kappa shape index (κ3) is 2.77. The summed E-state index contributed by atoms with van der Waals surface area (Å²) in [5.74, 6) is 0.0177. The summed E-state index contributed by atoms with van der Waals surface area (Å²) < 4.78 is 28.0. The minimum absolute atomic E-state index is 0.0177. The van der Waals surface area contributed by atoms with Gasteiger partial charge in [0.1, 0.15) is 0 Å². The van der Waals surface area contributed by atoms with Gasteiger partial charge in [0, 0.05) is 30.1 Å². The Kier molecular flexibility index (Phi) is 3.99. The highest BCUT2D eigenvalue weighted by molar-refractivity contribution is 7.89. The van der Waals surface area contributed by atoms with Crippen LogP contribution in [0.1, 0.15) is 12.0 Å². The number of hydrogen-bond acceptors (Lipinski definition) is 4. The van der Waals surface area contributed by atoms with E-state index in [0.717, 1.165) is 5.56 Å². The third-order valence-corrected chi connectivity index (χ3v) is 5.48. The number of sulfonamides is 1. The van der Waals surface area contributed by atoms with Crippen molar-refractivity contribution in [1.29, 1.82) is 0 Å². The fraction of sp³-hybridized carbons (Fsp3) is 0.312. The van der Waals surface area contributed by atoms with Crippen LogP contribution in [0.3, 0.4) is 0 Å². The van der Waals surface area contributed by atoms with Gasteiger partial charge in [-0.1, -0.05) is 18.2 Å². The molecule has 1 aromatic carbocycles. The molecule has 0 radical (unpaired) electrons. The van der Waals surface area contributed by atoms with Crippen molar-refractivity contribution in [1.82, 2.24) is 9.71 Å². The molecule has 116 valence electrons. The van der Waals surface area contributed by atoms with Crippen LogP contribution in [0.2, 0.25) is 0 Å². The molecule has 0 saturated heterocycles. The molecule has 1 aliphatic carbocycles. The maximum absolute atomic E-state index is 12.7. The average Bonchev–Trinajstić information content (AvgIpc) is 2.94. The van der Waals surface area contributed by atoms with Crippen LogP contribution >= 0.6 is 0 Å². The molecule has 1 aromatic heterocycles. The molecule has 0 unspecified atom stereocenters. The number of pyridine rings is 1. The molecule has 0 spiro atoms. The number of aliphatic hydroxyl groups is 1. The van der Waals surface area contributed by atoms with E-state index < -0.39 is 10.0 Å². The van der Waals surface area contributed by atoms with E-state index in [0.29, 0.717) is 17.3 Å². The van der Waals surface area contributed by atoms with E-state index >= 15 is 0 Å². The zero-order valence-electron chi connectivity index (χ0n) is 12.2. The van der Waals surface area contributed by atoms with Gasteiger partial charge in [0.05, 0.1) is 10.4 Å². The Morgan fingerprint density at radius 2 is 2.14 bits per heavy atom. The SMILES string of the molecule is Cc1ccc(S(=O)(=O)N[C@@H]2C=C[C@H](CO)C2)c2cccnc12. The first-order valence-corrected chi connectivity index (χ1v) is 8.65. The summed E-state index contributed by atoms with van der Waals surface area (Å²) in [6.45, 7) is 1.94. The molecule has 6 heteroatoms. The molecule has 2 atom stereocenters. The van der Waals surface area contributed by atoms with Crippen LogP contribution in [0.15, 0.2) is 47.5 Å². The zero-order valence-corrected chi connectivity index (χ0v) is 13.0. The highest BCUT2D eigenvalue weighted by Gasteiger charge is 2.25. The fourth-order valence-electron chi connectivity index (χ4n) is 2.78. The van der Waals surface area contributed by atoms with Crippen LogP contribution < -0.4 is 4.72 Å². The molecule has 0 fully saturated rings. The van der Waals surface area contributed by atoms with Crippen molar-refractivity contribution in [2.45, 2.75) is 24.3 Å². The van der Waals surface area contributed by atoms with Crippen molar-refractivity contribution in [3.05, 3.63) is 48.2 Å². The van der Waals surface area contributed by atoms with Crippen molar-refractivity contribution in [3.63, 3.8) is 0 Å². The number of nitrogens with one attached hydrogen (secondary N) is 1. The number of nitrogens with zero attached hydrogens (tertiary/aromatic N) is 1. The Balaban J connectivity index is 1.97. The number of aliphatic hydroxyl groups excluding tert-OH is 1. The van der Waals surface area contributed by atoms with Gasteiger partial charge in [-0.05, 0) is 37.1 Å². The highest BCUT2D eigenvalue weighted by Crippen LogP contribution is 2.25. The molecule has 22 heavy (non-hydrogen) atoms. The lowest BCUT2D eigenvalue weighted by atomic mass is 10.1. The average molecular weight is 318 g/mol. The van der Waals surface area contributed by atoms with E-state index in [4.69, 9.17) is 5.11 Å². The van der Waals surface area contributed by atoms with Gasteiger partial charge >= 0.3 is 0 Å². The van der Waals surface area contributed by atoms with Crippen LogP contribution in [0.25, 0.3) is 10.9 Å². The quantitative estimate of drug-likeness (QED) is 0.842. The van der Waals surface area contributed by atoms with Gasteiger partial charge in [0.15, 0.2) is 0 Å². The summed E-state index contributed by atoms with van der Waals surface area (Å²) >= 11 is 0. The number of benzene rings is 1. The van der Waals surface area contributed by atoms with Gasteiger partial charge in [-0.2, -0.15) is 0 Å². The lowest BCUT2D eigenvalue weighted by molar-refractivity contribution is 0.248. The predicted molar refractivity (Wildman–Crippen MR) is 84.9 cm³/mol. The lowest BCUT2D eigenvalue weighted by Gasteiger charge is -2.15. The second kappa shape index (κ2) is 5.79. The van der Waals surface area contributed by atoms with Crippen LogP contribution in [-0.2, 0) is 10.0 Å². The van der Waals surface area contributed by atoms with Crippen molar-refractivity contribution in [2.24, 2.45) is 5.92 Å². The first kappa shape index (κ1) is 15.1. The first-order valence-electron chi connectivity index (χ1n) is 7.17. The minimum atomic E-state index is -3.64. The Morgan fingerprint density at radius 3 is 2.86 bits per heavy atom. The molecule has 0 bridgehead atoms. The van der Waals surface area contributed by atoms with Crippen LogP contribution in [0, 0.1) is 12.8 Å². The lowest BCUT2D eigenvalue weighted by Crippen LogP contribution is -2.33. The second-order valence-corrected chi connectivity index (χ2v) is 7.25. The van der Waals surface area contributed by atoms with E-state index in [9.17, 15) is 8.42 Å². The summed E-state index contributed by atoms with van der Waals surface area (Å²) in [5.41, 5.74) is 1.64. The molecule has 5 nitrogen and oxygen atoms in total.